The molecular weight excluding hydrogens is 404 g/mol. The Kier molecular flexibility index (Phi) is 7.92. The zero-order valence-corrected chi connectivity index (χ0v) is 18.2. The number of benzene rings is 1. The molecule has 30 heavy (non-hydrogen) atoms. The van der Waals surface area contributed by atoms with Crippen molar-refractivity contribution in [1.29, 1.82) is 0 Å². The van der Waals surface area contributed by atoms with Crippen molar-refractivity contribution in [1.82, 2.24) is 20.4 Å². The number of thiophene rings is 1. The Bertz CT molecular complexity index is 836. The number of amides is 3. The lowest BCUT2D eigenvalue weighted by molar-refractivity contribution is 0.0640. The second-order valence-corrected chi connectivity index (χ2v) is 7.72. The van der Waals surface area contributed by atoms with Crippen molar-refractivity contribution in [3.8, 4) is 11.5 Å². The Hall–Kier alpha value is -2.78. The third kappa shape index (κ3) is 5.87. The van der Waals surface area contributed by atoms with E-state index in [9.17, 15) is 9.59 Å². The van der Waals surface area contributed by atoms with Gasteiger partial charge in [-0.25, -0.2) is 4.79 Å². The second kappa shape index (κ2) is 10.8. The summed E-state index contributed by atoms with van der Waals surface area (Å²) < 4.78 is 10.5. The summed E-state index contributed by atoms with van der Waals surface area (Å²) in [5.41, 5.74) is 1.69. The molecule has 0 radical (unpaired) electrons. The van der Waals surface area contributed by atoms with Gasteiger partial charge in [-0.1, -0.05) is 6.07 Å². The van der Waals surface area contributed by atoms with Crippen LogP contribution in [-0.4, -0.2) is 75.2 Å². The monoisotopic (exact) mass is 432 g/mol. The molecule has 2 N–H and O–H groups in total. The van der Waals surface area contributed by atoms with Gasteiger partial charge < -0.3 is 25.0 Å². The summed E-state index contributed by atoms with van der Waals surface area (Å²) in [4.78, 5) is 28.6. The molecule has 1 aromatic heterocycles. The van der Waals surface area contributed by atoms with E-state index in [0.717, 1.165) is 30.8 Å². The SMILES string of the molecule is COc1ccc(CNC(=O)NCCN2CCN(C(=O)c3ccsc3)CC2)cc1OC. The summed E-state index contributed by atoms with van der Waals surface area (Å²) >= 11 is 1.54. The maximum atomic E-state index is 12.4. The van der Waals surface area contributed by atoms with E-state index in [1.54, 1.807) is 14.2 Å². The van der Waals surface area contributed by atoms with E-state index in [4.69, 9.17) is 9.47 Å². The number of nitrogens with zero attached hydrogens (tertiary/aromatic N) is 2. The van der Waals surface area contributed by atoms with Crippen LogP contribution in [0.5, 0.6) is 11.5 Å². The average Bonchev–Trinajstić information content (AvgIpc) is 3.32. The van der Waals surface area contributed by atoms with Gasteiger partial charge in [0.15, 0.2) is 11.5 Å². The van der Waals surface area contributed by atoms with E-state index in [-0.39, 0.29) is 11.9 Å². The van der Waals surface area contributed by atoms with Crippen molar-refractivity contribution in [2.45, 2.75) is 6.54 Å². The number of carbonyl (C=O) groups is 2. The number of carbonyl (C=O) groups excluding carboxylic acids is 2. The van der Waals surface area contributed by atoms with Crippen LogP contribution in [-0.2, 0) is 6.54 Å². The van der Waals surface area contributed by atoms with Crippen molar-refractivity contribution in [3.05, 3.63) is 46.2 Å². The fourth-order valence-corrected chi connectivity index (χ4v) is 3.94. The molecule has 0 saturated carbocycles. The molecule has 0 atom stereocenters. The number of hydrogen-bond donors (Lipinski definition) is 2. The van der Waals surface area contributed by atoms with Crippen molar-refractivity contribution in [2.24, 2.45) is 0 Å². The minimum atomic E-state index is -0.212. The number of nitrogens with one attached hydrogen (secondary N) is 2. The van der Waals surface area contributed by atoms with Gasteiger partial charge >= 0.3 is 6.03 Å². The van der Waals surface area contributed by atoms with Gasteiger partial charge in [0.25, 0.3) is 5.91 Å². The zero-order valence-electron chi connectivity index (χ0n) is 17.3. The minimum absolute atomic E-state index is 0.101. The molecule has 1 saturated heterocycles. The smallest absolute Gasteiger partial charge is 0.315 e. The normalized spacial score (nSPS) is 14.3. The summed E-state index contributed by atoms with van der Waals surface area (Å²) in [6, 6.07) is 7.20. The first kappa shape index (κ1) is 21.9. The quantitative estimate of drug-likeness (QED) is 0.667. The van der Waals surface area contributed by atoms with Gasteiger partial charge in [-0.3, -0.25) is 9.69 Å². The molecule has 0 spiro atoms. The largest absolute Gasteiger partial charge is 0.493 e. The number of hydrogen-bond acceptors (Lipinski definition) is 6. The molecule has 1 aliphatic rings. The highest BCUT2D eigenvalue weighted by Gasteiger charge is 2.22. The van der Waals surface area contributed by atoms with Crippen molar-refractivity contribution < 1.29 is 19.1 Å². The van der Waals surface area contributed by atoms with Crippen LogP contribution in [0.4, 0.5) is 4.79 Å². The van der Waals surface area contributed by atoms with E-state index < -0.39 is 0 Å². The summed E-state index contributed by atoms with van der Waals surface area (Å²) in [6.45, 7) is 4.74. The maximum Gasteiger partial charge on any atom is 0.315 e. The van der Waals surface area contributed by atoms with Gasteiger partial charge in [-0.05, 0) is 29.1 Å². The number of rotatable bonds is 8. The molecule has 3 rings (SSSR count). The highest BCUT2D eigenvalue weighted by Crippen LogP contribution is 2.27. The van der Waals surface area contributed by atoms with Crippen LogP contribution in [0.15, 0.2) is 35.0 Å². The predicted octanol–water partition coefficient (Wildman–Crippen LogP) is 2.02. The Morgan fingerprint density at radius 1 is 1.03 bits per heavy atom. The van der Waals surface area contributed by atoms with Crippen LogP contribution in [0.2, 0.25) is 0 Å². The molecular formula is C21H28N4O4S. The van der Waals surface area contributed by atoms with Crippen LogP contribution < -0.4 is 20.1 Å². The summed E-state index contributed by atoms with van der Waals surface area (Å²) in [7, 11) is 3.17. The fourth-order valence-electron chi connectivity index (χ4n) is 3.31. The van der Waals surface area contributed by atoms with Crippen LogP contribution in [0.25, 0.3) is 0 Å². The Morgan fingerprint density at radius 3 is 2.47 bits per heavy atom. The average molecular weight is 433 g/mol. The van der Waals surface area contributed by atoms with Crippen LogP contribution in [0.1, 0.15) is 15.9 Å². The first-order valence-electron chi connectivity index (χ1n) is 9.87. The highest BCUT2D eigenvalue weighted by molar-refractivity contribution is 7.08. The summed E-state index contributed by atoms with van der Waals surface area (Å²) in [5.74, 6) is 1.39. The van der Waals surface area contributed by atoms with Crippen LogP contribution >= 0.6 is 11.3 Å². The van der Waals surface area contributed by atoms with Gasteiger partial charge in [0.1, 0.15) is 0 Å². The Morgan fingerprint density at radius 2 is 1.80 bits per heavy atom. The number of piperazine rings is 1. The minimum Gasteiger partial charge on any atom is -0.493 e. The standard InChI is InChI=1S/C21H28N4O4S/c1-28-18-4-3-16(13-19(18)29-2)14-23-21(27)22-6-7-24-8-10-25(11-9-24)20(26)17-5-12-30-15-17/h3-5,12-13,15H,6-11,14H2,1-2H3,(H2,22,23,27). The lowest BCUT2D eigenvalue weighted by Gasteiger charge is -2.34. The van der Waals surface area contributed by atoms with E-state index in [2.05, 4.69) is 15.5 Å². The Labute approximate surface area is 180 Å². The first-order chi connectivity index (χ1) is 14.6. The van der Waals surface area contributed by atoms with Gasteiger partial charge in [-0.15, -0.1) is 0 Å². The van der Waals surface area contributed by atoms with Gasteiger partial charge in [0.2, 0.25) is 0 Å². The molecule has 3 amide bonds. The third-order valence-corrected chi connectivity index (χ3v) is 5.73. The Balaban J connectivity index is 1.33. The molecule has 0 aliphatic carbocycles. The molecule has 162 valence electrons. The topological polar surface area (TPSA) is 83.1 Å². The van der Waals surface area contributed by atoms with Gasteiger partial charge in [0, 0.05) is 51.2 Å². The van der Waals surface area contributed by atoms with E-state index in [1.807, 2.05) is 39.9 Å². The number of methoxy groups -OCH3 is 2. The van der Waals surface area contributed by atoms with Crippen molar-refractivity contribution in [3.63, 3.8) is 0 Å². The zero-order chi connectivity index (χ0) is 21.3. The molecule has 1 fully saturated rings. The molecule has 0 bridgehead atoms. The number of ether oxygens (including phenoxy) is 2. The first-order valence-corrected chi connectivity index (χ1v) is 10.8. The predicted molar refractivity (Wildman–Crippen MR) is 116 cm³/mol. The lowest BCUT2D eigenvalue weighted by Crippen LogP contribution is -2.50. The molecule has 2 aromatic rings. The van der Waals surface area contributed by atoms with E-state index in [1.165, 1.54) is 11.3 Å². The lowest BCUT2D eigenvalue weighted by atomic mass is 10.2. The summed E-state index contributed by atoms with van der Waals surface area (Å²) in [5, 5.41) is 9.54. The fraction of sp³-hybridized carbons (Fsp3) is 0.429. The van der Waals surface area contributed by atoms with E-state index in [0.29, 0.717) is 37.7 Å². The second-order valence-electron chi connectivity index (χ2n) is 6.94. The molecule has 1 aromatic carbocycles. The van der Waals surface area contributed by atoms with Crippen molar-refractivity contribution >= 4 is 23.3 Å². The molecule has 1 aliphatic heterocycles. The van der Waals surface area contributed by atoms with Crippen LogP contribution in [0.3, 0.4) is 0 Å². The molecule has 0 unspecified atom stereocenters. The van der Waals surface area contributed by atoms with E-state index >= 15 is 0 Å². The van der Waals surface area contributed by atoms with Crippen molar-refractivity contribution in [2.75, 3.05) is 53.5 Å². The highest BCUT2D eigenvalue weighted by atomic mass is 32.1. The van der Waals surface area contributed by atoms with Gasteiger partial charge in [0.05, 0.1) is 19.8 Å². The molecule has 2 heterocycles. The number of urea groups is 1. The van der Waals surface area contributed by atoms with Crippen LogP contribution in [0, 0.1) is 0 Å². The van der Waals surface area contributed by atoms with Gasteiger partial charge in [-0.2, -0.15) is 11.3 Å². The maximum absolute atomic E-state index is 12.4. The summed E-state index contributed by atoms with van der Waals surface area (Å²) in [6.07, 6.45) is 0. The third-order valence-electron chi connectivity index (χ3n) is 5.04. The molecule has 8 nitrogen and oxygen atoms in total. The molecule has 9 heteroatoms.